The quantitative estimate of drug-likeness (QED) is 0.741. The Balaban J connectivity index is 1.86. The molecule has 3 atom stereocenters. The summed E-state index contributed by atoms with van der Waals surface area (Å²) in [7, 11) is 2.05. The molecule has 2 rings (SSSR count). The number of carbonyl (C=O) groups is 1. The number of ketones is 1. The van der Waals surface area contributed by atoms with E-state index in [0.717, 1.165) is 31.1 Å². The van der Waals surface area contributed by atoms with Crippen molar-refractivity contribution >= 4 is 5.78 Å². The van der Waals surface area contributed by atoms with E-state index in [1.165, 1.54) is 18.6 Å². The van der Waals surface area contributed by atoms with Crippen LogP contribution in [0, 0.1) is 23.6 Å². The van der Waals surface area contributed by atoms with Gasteiger partial charge in [-0.3, -0.25) is 9.78 Å². The lowest BCUT2D eigenvalue weighted by Crippen LogP contribution is -2.30. The minimum atomic E-state index is -0.413. The van der Waals surface area contributed by atoms with Crippen molar-refractivity contribution in [1.29, 1.82) is 0 Å². The molecule has 3 nitrogen and oxygen atoms in total. The lowest BCUT2D eigenvalue weighted by molar-refractivity contribution is 0.0896. The van der Waals surface area contributed by atoms with E-state index in [2.05, 4.69) is 16.8 Å². The summed E-state index contributed by atoms with van der Waals surface area (Å²) >= 11 is 0. The molecule has 0 spiro atoms. The Kier molecular flexibility index (Phi) is 4.30. The maximum absolute atomic E-state index is 12.8. The van der Waals surface area contributed by atoms with Crippen molar-refractivity contribution in [2.45, 2.75) is 20.3 Å². The first-order valence-electron chi connectivity index (χ1n) is 6.81. The standard InChI is InChI=1S/C15H21FN2O/c1-10-6-12(10)9-18(3)8-11(2)15(19)14-5-4-13(16)7-17-14/h4-5,7,10-12H,6,8-9H2,1-3H3. The van der Waals surface area contributed by atoms with Gasteiger partial charge in [-0.1, -0.05) is 13.8 Å². The number of nitrogens with zero attached hydrogens (tertiary/aromatic N) is 2. The zero-order valence-electron chi connectivity index (χ0n) is 11.8. The van der Waals surface area contributed by atoms with Crippen molar-refractivity contribution in [3.8, 4) is 0 Å². The molecule has 0 N–H and O–H groups in total. The molecule has 1 heterocycles. The second kappa shape index (κ2) is 5.78. The highest BCUT2D eigenvalue weighted by Gasteiger charge is 2.33. The Morgan fingerprint density at radius 1 is 1.58 bits per heavy atom. The normalized spacial score (nSPS) is 23.4. The lowest BCUT2D eigenvalue weighted by atomic mass is 10.0. The molecule has 1 aliphatic rings. The first-order valence-corrected chi connectivity index (χ1v) is 6.81. The van der Waals surface area contributed by atoms with Crippen LogP contribution in [0.25, 0.3) is 0 Å². The summed E-state index contributed by atoms with van der Waals surface area (Å²) < 4.78 is 12.8. The Bertz CT molecular complexity index is 446. The first kappa shape index (κ1) is 14.1. The molecule has 0 radical (unpaired) electrons. The largest absolute Gasteiger partial charge is 0.305 e. The number of carbonyl (C=O) groups excluding carboxylic acids is 1. The molecular weight excluding hydrogens is 243 g/mol. The maximum Gasteiger partial charge on any atom is 0.185 e. The molecule has 4 heteroatoms. The number of halogens is 1. The Morgan fingerprint density at radius 3 is 2.79 bits per heavy atom. The van der Waals surface area contributed by atoms with Gasteiger partial charge in [-0.25, -0.2) is 4.39 Å². The SMILES string of the molecule is CC(CN(C)CC1CC1C)C(=O)c1ccc(F)cn1. The van der Waals surface area contributed by atoms with Crippen molar-refractivity contribution in [3.63, 3.8) is 0 Å². The molecule has 0 saturated heterocycles. The number of rotatable bonds is 6. The fraction of sp³-hybridized carbons (Fsp3) is 0.600. The van der Waals surface area contributed by atoms with E-state index in [1.54, 1.807) is 0 Å². The lowest BCUT2D eigenvalue weighted by Gasteiger charge is -2.20. The Morgan fingerprint density at radius 2 is 2.26 bits per heavy atom. The van der Waals surface area contributed by atoms with Crippen LogP contribution in [0.3, 0.4) is 0 Å². The van der Waals surface area contributed by atoms with Gasteiger partial charge in [-0.05, 0) is 37.4 Å². The molecule has 19 heavy (non-hydrogen) atoms. The van der Waals surface area contributed by atoms with Crippen LogP contribution in [0.5, 0.6) is 0 Å². The van der Waals surface area contributed by atoms with Gasteiger partial charge >= 0.3 is 0 Å². The van der Waals surface area contributed by atoms with Gasteiger partial charge in [0.25, 0.3) is 0 Å². The maximum atomic E-state index is 12.8. The van der Waals surface area contributed by atoms with Crippen molar-refractivity contribution in [2.24, 2.45) is 17.8 Å². The molecule has 1 aromatic heterocycles. The number of pyridine rings is 1. The van der Waals surface area contributed by atoms with E-state index in [9.17, 15) is 9.18 Å². The summed E-state index contributed by atoms with van der Waals surface area (Å²) in [6, 6.07) is 2.74. The average molecular weight is 264 g/mol. The van der Waals surface area contributed by atoms with Gasteiger partial charge in [-0.2, -0.15) is 0 Å². The number of hydrogen-bond donors (Lipinski definition) is 0. The van der Waals surface area contributed by atoms with Gasteiger partial charge in [0.1, 0.15) is 11.5 Å². The summed E-state index contributed by atoms with van der Waals surface area (Å²) in [6.07, 6.45) is 2.39. The summed E-state index contributed by atoms with van der Waals surface area (Å²) in [4.78, 5) is 18.2. The van der Waals surface area contributed by atoms with Crippen LogP contribution in [-0.4, -0.2) is 35.8 Å². The molecule has 0 amide bonds. The fourth-order valence-corrected chi connectivity index (χ4v) is 2.45. The third-order valence-electron chi connectivity index (χ3n) is 3.84. The minimum Gasteiger partial charge on any atom is -0.305 e. The molecule has 0 aromatic carbocycles. The van der Waals surface area contributed by atoms with Crippen LogP contribution in [0.2, 0.25) is 0 Å². The Labute approximate surface area is 113 Å². The zero-order valence-corrected chi connectivity index (χ0v) is 11.8. The summed E-state index contributed by atoms with van der Waals surface area (Å²) in [5.41, 5.74) is 0.349. The second-order valence-corrected chi connectivity index (χ2v) is 5.82. The monoisotopic (exact) mass is 264 g/mol. The third-order valence-corrected chi connectivity index (χ3v) is 3.84. The van der Waals surface area contributed by atoms with Gasteiger partial charge in [0.15, 0.2) is 5.78 Å². The summed E-state index contributed by atoms with van der Waals surface area (Å²) in [5, 5.41) is 0. The second-order valence-electron chi connectivity index (χ2n) is 5.82. The third kappa shape index (κ3) is 3.83. The van der Waals surface area contributed by atoms with E-state index >= 15 is 0 Å². The molecule has 0 aliphatic heterocycles. The number of Topliss-reactive ketones (excluding diaryl/α,β-unsaturated/α-hetero) is 1. The molecule has 1 aromatic rings. The van der Waals surface area contributed by atoms with Gasteiger partial charge in [0, 0.05) is 19.0 Å². The van der Waals surface area contributed by atoms with Crippen LogP contribution < -0.4 is 0 Å². The van der Waals surface area contributed by atoms with Crippen LogP contribution in [0.4, 0.5) is 4.39 Å². The Hall–Kier alpha value is -1.29. The van der Waals surface area contributed by atoms with Gasteiger partial charge in [0.05, 0.1) is 6.20 Å². The molecule has 1 aliphatic carbocycles. The summed E-state index contributed by atoms with van der Waals surface area (Å²) in [5.74, 6) is 1.07. The van der Waals surface area contributed by atoms with Crippen LogP contribution in [0.15, 0.2) is 18.3 Å². The topological polar surface area (TPSA) is 33.2 Å². The molecule has 1 saturated carbocycles. The van der Waals surface area contributed by atoms with Crippen molar-refractivity contribution in [1.82, 2.24) is 9.88 Å². The molecule has 1 fully saturated rings. The van der Waals surface area contributed by atoms with Crippen LogP contribution >= 0.6 is 0 Å². The fourth-order valence-electron chi connectivity index (χ4n) is 2.45. The molecule has 3 unspecified atom stereocenters. The van der Waals surface area contributed by atoms with Crippen LogP contribution in [0.1, 0.15) is 30.8 Å². The van der Waals surface area contributed by atoms with Crippen molar-refractivity contribution in [2.75, 3.05) is 20.1 Å². The predicted molar refractivity (Wildman–Crippen MR) is 72.5 cm³/mol. The van der Waals surface area contributed by atoms with E-state index in [0.29, 0.717) is 5.69 Å². The van der Waals surface area contributed by atoms with E-state index in [-0.39, 0.29) is 11.7 Å². The first-order chi connectivity index (χ1) is 8.97. The van der Waals surface area contributed by atoms with Gasteiger partial charge in [-0.15, -0.1) is 0 Å². The van der Waals surface area contributed by atoms with Gasteiger partial charge in [0.2, 0.25) is 0 Å². The zero-order chi connectivity index (χ0) is 14.0. The average Bonchev–Trinajstić information content (AvgIpc) is 3.04. The predicted octanol–water partition coefficient (Wildman–Crippen LogP) is 2.63. The number of aromatic nitrogens is 1. The van der Waals surface area contributed by atoms with E-state index in [1.807, 2.05) is 14.0 Å². The molecule has 0 bridgehead atoms. The highest BCUT2D eigenvalue weighted by Crippen LogP contribution is 2.38. The highest BCUT2D eigenvalue weighted by molar-refractivity contribution is 5.95. The van der Waals surface area contributed by atoms with Crippen molar-refractivity contribution < 1.29 is 9.18 Å². The van der Waals surface area contributed by atoms with Crippen LogP contribution in [-0.2, 0) is 0 Å². The minimum absolute atomic E-state index is 0.0179. The van der Waals surface area contributed by atoms with E-state index in [4.69, 9.17) is 0 Å². The number of hydrogen-bond acceptors (Lipinski definition) is 3. The van der Waals surface area contributed by atoms with Gasteiger partial charge < -0.3 is 4.90 Å². The van der Waals surface area contributed by atoms with E-state index < -0.39 is 5.82 Å². The van der Waals surface area contributed by atoms with Crippen molar-refractivity contribution in [3.05, 3.63) is 29.8 Å². The molecule has 104 valence electrons. The highest BCUT2D eigenvalue weighted by atomic mass is 19.1. The smallest absolute Gasteiger partial charge is 0.185 e. The summed E-state index contributed by atoms with van der Waals surface area (Å²) in [6.45, 7) is 5.94. The molecular formula is C15H21FN2O.